The molecular weight excluding hydrogens is 534 g/mol. The van der Waals surface area contributed by atoms with Crippen molar-refractivity contribution in [3.8, 4) is 5.75 Å². The Balaban J connectivity index is 1.51. The first-order valence-electron chi connectivity index (χ1n) is 15.0. The van der Waals surface area contributed by atoms with Crippen molar-refractivity contribution in [3.63, 3.8) is 0 Å². The first-order valence-corrected chi connectivity index (χ1v) is 15.0. The number of rotatable bonds is 10. The number of fused-ring (bicyclic) bond motifs is 1. The van der Waals surface area contributed by atoms with E-state index in [1.807, 2.05) is 59.7 Å². The van der Waals surface area contributed by atoms with Crippen molar-refractivity contribution in [2.45, 2.75) is 84.1 Å². The predicted octanol–water partition coefficient (Wildman–Crippen LogP) is 4.45. The number of aliphatic hydroxyl groups is 1. The van der Waals surface area contributed by atoms with Crippen LogP contribution in [0.25, 0.3) is 0 Å². The molecule has 2 aromatic rings. The number of nitrogens with one attached hydrogen (secondary N) is 2. The van der Waals surface area contributed by atoms with E-state index in [0.717, 1.165) is 11.1 Å². The zero-order chi connectivity index (χ0) is 30.4. The highest BCUT2D eigenvalue weighted by atomic mass is 16.5. The average Bonchev–Trinajstić information content (AvgIpc) is 3.51. The maximum Gasteiger partial charge on any atom is 0.250 e. The molecule has 3 aliphatic rings. The maximum absolute atomic E-state index is 14.4. The van der Waals surface area contributed by atoms with E-state index in [1.54, 1.807) is 24.3 Å². The van der Waals surface area contributed by atoms with Crippen molar-refractivity contribution < 1.29 is 29.0 Å². The molecule has 3 fully saturated rings. The third kappa shape index (κ3) is 5.07. The van der Waals surface area contributed by atoms with Gasteiger partial charge in [0.1, 0.15) is 17.4 Å². The molecular formula is C33H43N3O6. The summed E-state index contributed by atoms with van der Waals surface area (Å²) in [5, 5.41) is 16.5. The summed E-state index contributed by atoms with van der Waals surface area (Å²) >= 11 is 0. The van der Waals surface area contributed by atoms with E-state index in [0.29, 0.717) is 43.0 Å². The Hall–Kier alpha value is -3.43. The normalized spacial score (nSPS) is 28.6. The molecule has 226 valence electrons. The van der Waals surface area contributed by atoms with E-state index >= 15 is 0 Å². The van der Waals surface area contributed by atoms with Gasteiger partial charge in [0.2, 0.25) is 17.7 Å². The largest absolute Gasteiger partial charge is 0.494 e. The molecule has 3 N–H and O–H groups in total. The topological polar surface area (TPSA) is 117 Å². The summed E-state index contributed by atoms with van der Waals surface area (Å²) in [4.78, 5) is 44.1. The van der Waals surface area contributed by atoms with Crippen LogP contribution in [0.1, 0.15) is 58.1 Å². The van der Waals surface area contributed by atoms with Gasteiger partial charge in [0.15, 0.2) is 0 Å². The Bertz CT molecular complexity index is 1360. The standard InChI is InChI=1S/C33H43N3O6/c1-7-41-24-12-10-22(11-13-24)34-29(38)26-27-31(40)36(23(18-37)16-19(2)3)28(33(27)15-14-32(26,6)42-33)30(39)35-25-17-20(4)8-9-21(25)5/h8-13,17,19,23,26-28,37H,7,14-16,18H2,1-6H3,(H,34,38)(H,35,39)/t23-,26+,27+,28?,32-,33?/m1/s1. The zero-order valence-corrected chi connectivity index (χ0v) is 25.4. The van der Waals surface area contributed by atoms with Crippen molar-refractivity contribution in [2.24, 2.45) is 17.8 Å². The summed E-state index contributed by atoms with van der Waals surface area (Å²) in [6, 6.07) is 11.4. The molecule has 0 saturated carbocycles. The Morgan fingerprint density at radius 2 is 1.81 bits per heavy atom. The summed E-state index contributed by atoms with van der Waals surface area (Å²) in [5.74, 6) is -1.78. The lowest BCUT2D eigenvalue weighted by Crippen LogP contribution is -2.56. The van der Waals surface area contributed by atoms with Gasteiger partial charge in [-0.2, -0.15) is 0 Å². The second-order valence-corrected chi connectivity index (χ2v) is 12.7. The van der Waals surface area contributed by atoms with E-state index in [4.69, 9.17) is 9.47 Å². The van der Waals surface area contributed by atoms with Crippen LogP contribution in [0.15, 0.2) is 42.5 Å². The summed E-state index contributed by atoms with van der Waals surface area (Å²) in [6.07, 6.45) is 1.51. The first-order chi connectivity index (χ1) is 19.9. The van der Waals surface area contributed by atoms with Crippen molar-refractivity contribution in [2.75, 3.05) is 23.8 Å². The van der Waals surface area contributed by atoms with Crippen molar-refractivity contribution >= 4 is 29.1 Å². The van der Waals surface area contributed by atoms with Crippen LogP contribution in [0.5, 0.6) is 5.75 Å². The van der Waals surface area contributed by atoms with E-state index in [1.165, 1.54) is 4.90 Å². The van der Waals surface area contributed by atoms with Gasteiger partial charge in [0.05, 0.1) is 36.7 Å². The van der Waals surface area contributed by atoms with E-state index in [-0.39, 0.29) is 30.2 Å². The quantitative estimate of drug-likeness (QED) is 0.384. The molecule has 3 amide bonds. The number of nitrogens with zero attached hydrogens (tertiary/aromatic N) is 1. The van der Waals surface area contributed by atoms with Crippen LogP contribution in [0, 0.1) is 31.6 Å². The molecule has 6 atom stereocenters. The number of aliphatic hydroxyl groups excluding tert-OH is 1. The number of ether oxygens (including phenoxy) is 2. The van der Waals surface area contributed by atoms with Crippen LogP contribution in [-0.4, -0.2) is 64.2 Å². The van der Waals surface area contributed by atoms with Crippen molar-refractivity contribution in [1.82, 2.24) is 4.90 Å². The Morgan fingerprint density at radius 1 is 1.10 bits per heavy atom. The minimum Gasteiger partial charge on any atom is -0.494 e. The van der Waals surface area contributed by atoms with E-state index < -0.39 is 35.1 Å². The lowest BCUT2D eigenvalue weighted by Gasteiger charge is -2.37. The number of carbonyl (C=O) groups is 3. The molecule has 3 aliphatic heterocycles. The van der Waals surface area contributed by atoms with Gasteiger partial charge >= 0.3 is 0 Å². The monoisotopic (exact) mass is 577 g/mol. The number of carbonyl (C=O) groups excluding carboxylic acids is 3. The number of hydrogen-bond donors (Lipinski definition) is 3. The van der Waals surface area contributed by atoms with Crippen LogP contribution in [0.2, 0.25) is 0 Å². The molecule has 3 heterocycles. The second kappa shape index (κ2) is 11.3. The lowest BCUT2D eigenvalue weighted by molar-refractivity contribution is -0.147. The second-order valence-electron chi connectivity index (χ2n) is 12.7. The SMILES string of the molecule is CCOc1ccc(NC(=O)[C@@H]2[C@H]3C(=O)N([C@@H](CO)CC(C)C)C(C(=O)Nc4cc(C)ccc4C)C34CC[C@@]2(C)O4)cc1. The third-order valence-corrected chi connectivity index (χ3v) is 9.18. The van der Waals surface area contributed by atoms with Crippen LogP contribution in [0.4, 0.5) is 11.4 Å². The van der Waals surface area contributed by atoms with Gasteiger partial charge in [-0.05, 0) is 94.3 Å². The first kappa shape index (κ1) is 30.0. The Kier molecular flexibility index (Phi) is 8.11. The number of benzene rings is 2. The van der Waals surface area contributed by atoms with E-state index in [2.05, 4.69) is 10.6 Å². The van der Waals surface area contributed by atoms with Gasteiger partial charge in [-0.25, -0.2) is 0 Å². The van der Waals surface area contributed by atoms with Crippen molar-refractivity contribution in [1.29, 1.82) is 0 Å². The number of amides is 3. The average molecular weight is 578 g/mol. The fourth-order valence-electron chi connectivity index (χ4n) is 7.37. The molecule has 3 saturated heterocycles. The van der Waals surface area contributed by atoms with Gasteiger partial charge in [-0.3, -0.25) is 14.4 Å². The Morgan fingerprint density at radius 3 is 2.45 bits per heavy atom. The fraction of sp³-hybridized carbons (Fsp3) is 0.545. The summed E-state index contributed by atoms with van der Waals surface area (Å²) < 4.78 is 12.2. The van der Waals surface area contributed by atoms with Gasteiger partial charge in [-0.15, -0.1) is 0 Å². The molecule has 2 aromatic carbocycles. The Labute approximate surface area is 248 Å². The smallest absolute Gasteiger partial charge is 0.250 e. The molecule has 1 spiro atoms. The van der Waals surface area contributed by atoms with Crippen LogP contribution >= 0.6 is 0 Å². The lowest BCUT2D eigenvalue weighted by atomic mass is 9.66. The molecule has 42 heavy (non-hydrogen) atoms. The summed E-state index contributed by atoms with van der Waals surface area (Å²) in [7, 11) is 0. The molecule has 0 radical (unpaired) electrons. The maximum atomic E-state index is 14.4. The van der Waals surface area contributed by atoms with Gasteiger partial charge in [0, 0.05) is 11.4 Å². The minimum atomic E-state index is -1.18. The molecule has 0 aromatic heterocycles. The minimum absolute atomic E-state index is 0.170. The number of aryl methyl sites for hydroxylation is 2. The summed E-state index contributed by atoms with van der Waals surface area (Å²) in [5.41, 5.74) is 1.06. The predicted molar refractivity (Wildman–Crippen MR) is 160 cm³/mol. The van der Waals surface area contributed by atoms with Crippen LogP contribution < -0.4 is 15.4 Å². The molecule has 2 unspecified atom stereocenters. The number of likely N-dealkylation sites (tertiary alicyclic amines) is 1. The van der Waals surface area contributed by atoms with Crippen molar-refractivity contribution in [3.05, 3.63) is 53.6 Å². The van der Waals surface area contributed by atoms with Crippen LogP contribution in [0.3, 0.4) is 0 Å². The fourth-order valence-corrected chi connectivity index (χ4v) is 7.37. The van der Waals surface area contributed by atoms with Gasteiger partial charge in [-0.1, -0.05) is 26.0 Å². The molecule has 5 rings (SSSR count). The number of anilines is 2. The van der Waals surface area contributed by atoms with Gasteiger partial charge in [0.25, 0.3) is 0 Å². The van der Waals surface area contributed by atoms with Crippen LogP contribution in [-0.2, 0) is 19.1 Å². The molecule has 0 aliphatic carbocycles. The molecule has 2 bridgehead atoms. The summed E-state index contributed by atoms with van der Waals surface area (Å²) in [6.45, 7) is 11.9. The highest BCUT2D eigenvalue weighted by molar-refractivity contribution is 6.05. The highest BCUT2D eigenvalue weighted by Crippen LogP contribution is 2.63. The third-order valence-electron chi connectivity index (χ3n) is 9.18. The van der Waals surface area contributed by atoms with E-state index in [9.17, 15) is 19.5 Å². The zero-order valence-electron chi connectivity index (χ0n) is 25.4. The molecule has 9 heteroatoms. The van der Waals surface area contributed by atoms with Gasteiger partial charge < -0.3 is 30.1 Å². The molecule has 9 nitrogen and oxygen atoms in total. The highest BCUT2D eigenvalue weighted by Gasteiger charge is 2.78. The number of hydrogen-bond acceptors (Lipinski definition) is 6.